The Labute approximate surface area is 543 Å². The second kappa shape index (κ2) is 70.0. The second-order valence-electron chi connectivity index (χ2n) is 15.2. The molecule has 6 aromatic rings. The van der Waals surface area contributed by atoms with E-state index in [4.69, 9.17) is 30.6 Å². The van der Waals surface area contributed by atoms with Crippen LogP contribution in [0.3, 0.4) is 0 Å². The molecule has 0 saturated carbocycles. The minimum atomic E-state index is 0. The number of benzene rings is 6. The van der Waals surface area contributed by atoms with Crippen LogP contribution in [0, 0.1) is 0 Å². The van der Waals surface area contributed by atoms with E-state index in [0.717, 1.165) is 33.4 Å². The van der Waals surface area contributed by atoms with Crippen LogP contribution in [0.1, 0.15) is 33.4 Å². The fraction of sp³-hybridized carbons (Fsp3) is 0.333. The molecule has 0 aliphatic heterocycles. The van der Waals surface area contributed by atoms with Crippen molar-refractivity contribution < 1.29 is 184 Å². The van der Waals surface area contributed by atoms with Gasteiger partial charge in [-0.15, -0.1) is 0 Å². The number of phenols is 6. The van der Waals surface area contributed by atoms with Crippen LogP contribution < -0.4 is 31.9 Å². The summed E-state index contributed by atoms with van der Waals surface area (Å²) in [5.74, 6) is 1.77. The van der Waals surface area contributed by atoms with Gasteiger partial charge in [-0.05, 0) is 36.4 Å². The maximum absolute atomic E-state index is 9.31. The van der Waals surface area contributed by atoms with E-state index in [1.165, 1.54) is 0 Å². The van der Waals surface area contributed by atoms with Gasteiger partial charge in [0.25, 0.3) is 0 Å². The van der Waals surface area contributed by atoms with Crippen LogP contribution in [0.15, 0.2) is 146 Å². The van der Waals surface area contributed by atoms with Gasteiger partial charge < -0.3 is 115 Å². The molecule has 26 N–H and O–H groups in total. The largest absolute Gasteiger partial charge is 2.00 e. The number of para-hydroxylation sites is 6. The molecular formula is C54H86Co6N6O16+6. The molecule has 0 aliphatic carbocycles. The van der Waals surface area contributed by atoms with E-state index in [0.29, 0.717) is 113 Å². The average molecular weight is 1430 g/mol. The van der Waals surface area contributed by atoms with Gasteiger partial charge in [0.15, 0.2) is 0 Å². The van der Waals surface area contributed by atoms with Gasteiger partial charge >= 0.3 is 50.3 Å². The van der Waals surface area contributed by atoms with Crippen LogP contribution in [0.25, 0.3) is 0 Å². The van der Waals surface area contributed by atoms with E-state index in [1.54, 1.807) is 72.8 Å². The molecule has 22 nitrogen and oxygen atoms in total. The molecular weight excluding hydrogens is 1340 g/mol. The summed E-state index contributed by atoms with van der Waals surface area (Å²) in [6.45, 7) is 7.55. The number of aliphatic hydroxyl groups excluding tert-OH is 6. The minimum absolute atomic E-state index is 0. The summed E-state index contributed by atoms with van der Waals surface area (Å²) < 4.78 is 0. The van der Waals surface area contributed by atoms with Gasteiger partial charge in [0.05, 0.1) is 39.6 Å². The third kappa shape index (κ3) is 51.0. The Morgan fingerprint density at radius 1 is 0.220 bits per heavy atom. The fourth-order valence-electron chi connectivity index (χ4n) is 5.77. The van der Waals surface area contributed by atoms with Gasteiger partial charge in [-0.25, -0.2) is 0 Å². The first kappa shape index (κ1) is 101. The van der Waals surface area contributed by atoms with Crippen molar-refractivity contribution in [1.82, 2.24) is 31.9 Å². The van der Waals surface area contributed by atoms with Gasteiger partial charge in [0, 0.05) is 162 Å². The predicted molar refractivity (Wildman–Crippen MR) is 296 cm³/mol. The van der Waals surface area contributed by atoms with Crippen molar-refractivity contribution in [1.29, 1.82) is 0 Å². The smallest absolute Gasteiger partial charge is 0.508 e. The molecule has 476 valence electrons. The maximum atomic E-state index is 9.31. The van der Waals surface area contributed by atoms with Crippen molar-refractivity contribution in [3.05, 3.63) is 179 Å². The number of hydrogen-bond acceptors (Lipinski definition) is 18. The average Bonchev–Trinajstić information content (AvgIpc) is 3.39. The molecule has 82 heavy (non-hydrogen) atoms. The molecule has 0 saturated heterocycles. The maximum Gasteiger partial charge on any atom is 2.00 e. The van der Waals surface area contributed by atoms with E-state index in [-0.39, 0.29) is 162 Å². The molecule has 6 aromatic carbocycles. The van der Waals surface area contributed by atoms with Crippen molar-refractivity contribution in [2.45, 2.75) is 39.3 Å². The van der Waals surface area contributed by atoms with Crippen LogP contribution in [-0.2, 0) is 140 Å². The Balaban J connectivity index is -0.0000000926. The Morgan fingerprint density at radius 3 is 0.427 bits per heavy atom. The van der Waals surface area contributed by atoms with Gasteiger partial charge in [0.2, 0.25) is 0 Å². The molecule has 0 aromatic heterocycles. The summed E-state index contributed by atoms with van der Waals surface area (Å²) in [6.07, 6.45) is 0. The molecule has 0 bridgehead atoms. The number of rotatable bonds is 24. The first-order valence-electron chi connectivity index (χ1n) is 23.6. The van der Waals surface area contributed by atoms with Crippen molar-refractivity contribution in [3.63, 3.8) is 0 Å². The van der Waals surface area contributed by atoms with E-state index in [2.05, 4.69) is 31.9 Å². The van der Waals surface area contributed by atoms with Gasteiger partial charge in [-0.3, -0.25) is 0 Å². The Kier molecular flexibility index (Phi) is 85.8. The van der Waals surface area contributed by atoms with Crippen LogP contribution in [0.4, 0.5) is 0 Å². The van der Waals surface area contributed by atoms with E-state index >= 15 is 0 Å². The van der Waals surface area contributed by atoms with Crippen molar-refractivity contribution in [2.24, 2.45) is 0 Å². The summed E-state index contributed by atoms with van der Waals surface area (Å²) in [4.78, 5) is 0. The molecule has 0 heterocycles. The van der Waals surface area contributed by atoms with Crippen LogP contribution >= 0.6 is 0 Å². The van der Waals surface area contributed by atoms with Crippen molar-refractivity contribution in [2.75, 3.05) is 78.9 Å². The number of aromatic hydroxyl groups is 6. The Bertz CT molecular complexity index is 1870. The molecule has 0 spiro atoms. The molecule has 0 fully saturated rings. The number of aliphatic hydroxyl groups is 6. The van der Waals surface area contributed by atoms with Gasteiger partial charge in [0.1, 0.15) is 34.5 Å². The number of phenolic OH excluding ortho intramolecular Hbond substituents is 6. The predicted octanol–water partition coefficient (Wildman–Crippen LogP) is -0.469. The first-order valence-corrected chi connectivity index (χ1v) is 23.6. The van der Waals surface area contributed by atoms with Gasteiger partial charge in [-0.1, -0.05) is 109 Å². The SMILES string of the molecule is O.O.O.O.OCCNCc1ccccc1O.OCCNCc1ccccc1O.OCCNCc1ccccc1O.OCCNCc1ccccc1O.OCCNCc1ccccc1O.OCCNCc1ccccc1O.[Co+2].[Co+2].[Co+2].[Co].[Co].[Co]. The topological polar surface area (TPSA) is 441 Å². The minimum Gasteiger partial charge on any atom is -0.508 e. The monoisotopic (exact) mass is 1430 g/mol. The zero-order valence-corrected chi connectivity index (χ0v) is 51.2. The molecule has 6 rings (SSSR count). The molecule has 28 heteroatoms. The fourth-order valence-corrected chi connectivity index (χ4v) is 5.77. The number of nitrogens with one attached hydrogen (secondary N) is 6. The third-order valence-electron chi connectivity index (χ3n) is 9.57. The molecule has 0 atom stereocenters. The van der Waals surface area contributed by atoms with E-state index in [9.17, 15) is 30.6 Å². The Hall–Kier alpha value is -3.48. The summed E-state index contributed by atoms with van der Waals surface area (Å²) in [5, 5.41) is 125. The molecule has 0 unspecified atom stereocenters. The molecule has 6 radical (unpaired) electrons. The molecule has 0 amide bonds. The summed E-state index contributed by atoms with van der Waals surface area (Å²) in [5.41, 5.74) is 5.12. The van der Waals surface area contributed by atoms with E-state index in [1.807, 2.05) is 72.8 Å². The standard InChI is InChI=1S/6C9H13NO2.6Co.4H2O/c6*11-6-5-10-7-8-3-1-2-4-9(8)12;;;;;;;;;;/h6*1-4,10-12H,5-7H2;;;;;;;4*1H2/q;;;;;;;;;3*+2;;;;. The quantitative estimate of drug-likeness (QED) is 0.0341. The van der Waals surface area contributed by atoms with Crippen molar-refractivity contribution >= 4 is 0 Å². The van der Waals surface area contributed by atoms with Gasteiger partial charge in [-0.2, -0.15) is 0 Å². The third-order valence-corrected chi connectivity index (χ3v) is 9.57. The van der Waals surface area contributed by atoms with Crippen LogP contribution in [0.5, 0.6) is 34.5 Å². The van der Waals surface area contributed by atoms with Crippen LogP contribution in [-0.4, -0.2) is 162 Å². The number of hydrogen-bond donors (Lipinski definition) is 18. The zero-order valence-electron chi connectivity index (χ0n) is 45.0. The normalized spacial score (nSPS) is 8.85. The summed E-state index contributed by atoms with van der Waals surface area (Å²) >= 11 is 0. The molecule has 0 aliphatic rings. The summed E-state index contributed by atoms with van der Waals surface area (Å²) in [6, 6.07) is 42.9. The summed E-state index contributed by atoms with van der Waals surface area (Å²) in [7, 11) is 0. The second-order valence-corrected chi connectivity index (χ2v) is 15.2. The first-order chi connectivity index (χ1) is 35.1. The zero-order chi connectivity index (χ0) is 52.9. The van der Waals surface area contributed by atoms with Crippen molar-refractivity contribution in [3.8, 4) is 34.5 Å². The van der Waals surface area contributed by atoms with Crippen LogP contribution in [0.2, 0.25) is 0 Å². The Morgan fingerprint density at radius 2 is 0.329 bits per heavy atom. The van der Waals surface area contributed by atoms with E-state index < -0.39 is 0 Å².